The Hall–Kier alpha value is -1.00. The highest BCUT2D eigenvalue weighted by atomic mass is 32.2. The minimum atomic E-state index is -3.61. The molecule has 2 aliphatic heterocycles. The highest BCUT2D eigenvalue weighted by Crippen LogP contribution is 2.25. The van der Waals surface area contributed by atoms with E-state index < -0.39 is 20.0 Å². The van der Waals surface area contributed by atoms with Crippen molar-refractivity contribution >= 4 is 20.0 Å². The summed E-state index contributed by atoms with van der Waals surface area (Å²) in [4.78, 5) is 0.253. The van der Waals surface area contributed by atoms with Crippen molar-refractivity contribution in [2.45, 2.75) is 29.6 Å². The number of sulfonamides is 2. The predicted molar refractivity (Wildman–Crippen MR) is 93.2 cm³/mol. The van der Waals surface area contributed by atoms with Crippen molar-refractivity contribution in [1.29, 1.82) is 0 Å². The maximum atomic E-state index is 12.7. The molecule has 0 unspecified atom stereocenters. The third kappa shape index (κ3) is 3.90. The van der Waals surface area contributed by atoms with Crippen molar-refractivity contribution in [1.82, 2.24) is 8.61 Å². The van der Waals surface area contributed by atoms with Crippen LogP contribution in [-0.4, -0.2) is 64.8 Å². The molecule has 0 radical (unpaired) electrons. The summed E-state index contributed by atoms with van der Waals surface area (Å²) in [5.74, 6) is 0.535. The zero-order valence-corrected chi connectivity index (χ0v) is 15.9. The maximum Gasteiger partial charge on any atom is 0.243 e. The highest BCUT2D eigenvalue weighted by Gasteiger charge is 2.30. The van der Waals surface area contributed by atoms with E-state index in [1.807, 2.05) is 0 Å². The van der Waals surface area contributed by atoms with E-state index >= 15 is 0 Å². The lowest BCUT2D eigenvalue weighted by atomic mass is 10.0. The summed E-state index contributed by atoms with van der Waals surface area (Å²) < 4.78 is 58.6. The molecule has 0 N–H and O–H groups in total. The molecule has 0 amide bonds. The first-order valence-electron chi connectivity index (χ1n) is 8.50. The molecule has 0 aromatic heterocycles. The number of hydrogen-bond acceptors (Lipinski definition) is 5. The molecule has 140 valence electrons. The SMILES string of the molecule is CC1CCN(S(=O)(=O)c2ccc(S(=O)(=O)N3CCOCC3)cc2)CC1. The van der Waals surface area contributed by atoms with Gasteiger partial charge in [0, 0.05) is 26.2 Å². The fraction of sp³-hybridized carbons (Fsp3) is 0.625. The molecule has 9 heteroatoms. The van der Waals surface area contributed by atoms with Crippen LogP contribution in [0.1, 0.15) is 19.8 Å². The van der Waals surface area contributed by atoms with Crippen LogP contribution in [0.4, 0.5) is 0 Å². The molecule has 2 fully saturated rings. The van der Waals surface area contributed by atoms with Gasteiger partial charge in [-0.1, -0.05) is 6.92 Å². The van der Waals surface area contributed by atoms with Gasteiger partial charge in [-0.15, -0.1) is 0 Å². The van der Waals surface area contributed by atoms with Crippen molar-refractivity contribution in [2.24, 2.45) is 5.92 Å². The topological polar surface area (TPSA) is 84.0 Å². The van der Waals surface area contributed by atoms with Crippen LogP contribution in [0.5, 0.6) is 0 Å². The Balaban J connectivity index is 1.80. The molecule has 1 aromatic carbocycles. The van der Waals surface area contributed by atoms with Gasteiger partial charge in [-0.2, -0.15) is 8.61 Å². The summed E-state index contributed by atoms with van der Waals surface area (Å²) in [6.45, 7) is 4.52. The zero-order chi connectivity index (χ0) is 18.1. The van der Waals surface area contributed by atoms with Gasteiger partial charge in [-0.3, -0.25) is 0 Å². The molecule has 25 heavy (non-hydrogen) atoms. The molecule has 3 rings (SSSR count). The number of ether oxygens (including phenoxy) is 1. The number of piperidine rings is 1. The Labute approximate surface area is 149 Å². The lowest BCUT2D eigenvalue weighted by Crippen LogP contribution is -2.40. The number of morpholine rings is 1. The standard InChI is InChI=1S/C16H24N2O5S2/c1-14-6-8-17(9-7-14)24(19,20)15-2-4-16(5-3-15)25(21,22)18-10-12-23-13-11-18/h2-5,14H,6-13H2,1H3. The van der Waals surface area contributed by atoms with Crippen LogP contribution in [0, 0.1) is 5.92 Å². The quantitative estimate of drug-likeness (QED) is 0.772. The molecule has 7 nitrogen and oxygen atoms in total. The molecular formula is C16H24N2O5S2. The smallest absolute Gasteiger partial charge is 0.243 e. The first kappa shape index (κ1) is 18.8. The van der Waals surface area contributed by atoms with E-state index in [9.17, 15) is 16.8 Å². The van der Waals surface area contributed by atoms with Gasteiger partial charge in [0.25, 0.3) is 0 Å². The van der Waals surface area contributed by atoms with Crippen LogP contribution in [0.3, 0.4) is 0 Å². The second kappa shape index (κ2) is 7.32. The summed E-state index contributed by atoms with van der Waals surface area (Å²) in [6, 6.07) is 5.54. The van der Waals surface area contributed by atoms with Crippen LogP contribution >= 0.6 is 0 Å². The van der Waals surface area contributed by atoms with Crippen LogP contribution < -0.4 is 0 Å². The predicted octanol–water partition coefficient (Wildman–Crippen LogP) is 1.13. The van der Waals surface area contributed by atoms with Gasteiger partial charge >= 0.3 is 0 Å². The van der Waals surface area contributed by atoms with Crippen molar-refractivity contribution < 1.29 is 21.6 Å². The van der Waals surface area contributed by atoms with E-state index in [2.05, 4.69) is 6.92 Å². The highest BCUT2D eigenvalue weighted by molar-refractivity contribution is 7.89. The van der Waals surface area contributed by atoms with E-state index in [-0.39, 0.29) is 9.79 Å². The molecule has 0 atom stereocenters. The summed E-state index contributed by atoms with van der Waals surface area (Å²) in [5, 5.41) is 0. The molecule has 0 spiro atoms. The molecule has 0 aliphatic carbocycles. The molecule has 2 aliphatic rings. The Morgan fingerprint density at radius 2 is 1.20 bits per heavy atom. The molecule has 2 heterocycles. The van der Waals surface area contributed by atoms with Gasteiger partial charge in [0.15, 0.2) is 0 Å². The largest absolute Gasteiger partial charge is 0.379 e. The van der Waals surface area contributed by atoms with Crippen LogP contribution in [0.15, 0.2) is 34.1 Å². The van der Waals surface area contributed by atoms with Crippen LogP contribution in [0.2, 0.25) is 0 Å². The van der Waals surface area contributed by atoms with Crippen LogP contribution in [0.25, 0.3) is 0 Å². The molecule has 1 aromatic rings. The Kier molecular flexibility index (Phi) is 5.50. The Morgan fingerprint density at radius 3 is 1.64 bits per heavy atom. The fourth-order valence-electron chi connectivity index (χ4n) is 3.09. The lowest BCUT2D eigenvalue weighted by molar-refractivity contribution is 0.0730. The van der Waals surface area contributed by atoms with Crippen LogP contribution in [-0.2, 0) is 24.8 Å². The number of rotatable bonds is 4. The normalized spacial score (nSPS) is 22.1. The number of hydrogen-bond donors (Lipinski definition) is 0. The summed E-state index contributed by atoms with van der Waals surface area (Å²) in [5.41, 5.74) is 0. The van der Waals surface area contributed by atoms with Gasteiger partial charge in [-0.05, 0) is 43.0 Å². The Bertz CT molecular complexity index is 791. The monoisotopic (exact) mass is 388 g/mol. The summed E-state index contributed by atoms with van der Waals surface area (Å²) >= 11 is 0. The van der Waals surface area contributed by atoms with E-state index in [0.29, 0.717) is 45.3 Å². The van der Waals surface area contributed by atoms with Crippen molar-refractivity contribution in [3.05, 3.63) is 24.3 Å². The van der Waals surface area contributed by atoms with E-state index in [4.69, 9.17) is 4.74 Å². The minimum absolute atomic E-state index is 0.112. The zero-order valence-electron chi connectivity index (χ0n) is 14.3. The average molecular weight is 389 g/mol. The average Bonchev–Trinajstić information content (AvgIpc) is 2.63. The Morgan fingerprint density at radius 1 is 0.800 bits per heavy atom. The fourth-order valence-corrected chi connectivity index (χ4v) is 5.97. The lowest BCUT2D eigenvalue weighted by Gasteiger charge is -2.29. The molecule has 0 saturated carbocycles. The third-order valence-corrected chi connectivity index (χ3v) is 8.64. The first-order valence-corrected chi connectivity index (χ1v) is 11.4. The molecule has 0 bridgehead atoms. The van der Waals surface area contributed by atoms with Crippen molar-refractivity contribution in [3.8, 4) is 0 Å². The summed E-state index contributed by atoms with van der Waals surface area (Å²) in [6.07, 6.45) is 1.70. The second-order valence-corrected chi connectivity index (χ2v) is 10.5. The minimum Gasteiger partial charge on any atom is -0.379 e. The van der Waals surface area contributed by atoms with Gasteiger partial charge in [0.2, 0.25) is 20.0 Å². The number of nitrogens with zero attached hydrogens (tertiary/aromatic N) is 2. The van der Waals surface area contributed by atoms with E-state index in [0.717, 1.165) is 12.8 Å². The second-order valence-electron chi connectivity index (χ2n) is 6.57. The molecular weight excluding hydrogens is 364 g/mol. The van der Waals surface area contributed by atoms with Gasteiger partial charge in [0.05, 0.1) is 23.0 Å². The maximum absolute atomic E-state index is 12.7. The van der Waals surface area contributed by atoms with Gasteiger partial charge in [0.1, 0.15) is 0 Å². The van der Waals surface area contributed by atoms with E-state index in [1.54, 1.807) is 0 Å². The van der Waals surface area contributed by atoms with E-state index in [1.165, 1.54) is 32.9 Å². The number of benzene rings is 1. The van der Waals surface area contributed by atoms with Crippen molar-refractivity contribution in [3.63, 3.8) is 0 Å². The van der Waals surface area contributed by atoms with Gasteiger partial charge < -0.3 is 4.74 Å². The third-order valence-electron chi connectivity index (χ3n) is 4.81. The van der Waals surface area contributed by atoms with Gasteiger partial charge in [-0.25, -0.2) is 16.8 Å². The first-order chi connectivity index (χ1) is 11.8. The van der Waals surface area contributed by atoms with Crippen molar-refractivity contribution in [2.75, 3.05) is 39.4 Å². The molecule has 2 saturated heterocycles. The summed E-state index contributed by atoms with van der Waals surface area (Å²) in [7, 11) is -7.18.